The van der Waals surface area contributed by atoms with Gasteiger partial charge in [-0.2, -0.15) is 0 Å². The zero-order valence-electron chi connectivity index (χ0n) is 13.4. The van der Waals surface area contributed by atoms with E-state index in [0.717, 1.165) is 0 Å². The molecule has 2 aliphatic rings. The molecule has 0 fully saturated rings. The minimum absolute atomic E-state index is 1.27. The summed E-state index contributed by atoms with van der Waals surface area (Å²) in [5, 5.41) is 1.65. The van der Waals surface area contributed by atoms with Crippen LogP contribution < -0.4 is 0 Å². The lowest BCUT2D eigenvalue weighted by atomic mass is 9.94. The molecule has 0 spiro atoms. The van der Waals surface area contributed by atoms with E-state index in [-0.39, 0.29) is 0 Å². The van der Waals surface area contributed by atoms with Crippen molar-refractivity contribution in [2.24, 2.45) is 0 Å². The Bertz CT molecular complexity index is 411. The number of hydrogen-bond donors (Lipinski definition) is 0. The molecule has 0 bridgehead atoms. The predicted molar refractivity (Wildman–Crippen MR) is 92.6 cm³/mol. The van der Waals surface area contributed by atoms with Gasteiger partial charge >= 0.3 is 0 Å². The van der Waals surface area contributed by atoms with Gasteiger partial charge in [0.05, 0.1) is 5.25 Å². The molecule has 0 aromatic heterocycles. The van der Waals surface area contributed by atoms with Gasteiger partial charge < -0.3 is 0 Å². The molecule has 111 valence electrons. The molecule has 0 amide bonds. The third kappa shape index (κ3) is 3.61. The molecule has 0 aromatic carbocycles. The number of rotatable bonds is 9. The van der Waals surface area contributed by atoms with E-state index in [0.29, 0.717) is 0 Å². The van der Waals surface area contributed by atoms with Crippen molar-refractivity contribution in [3.05, 3.63) is 39.0 Å². The van der Waals surface area contributed by atoms with Crippen molar-refractivity contribution in [1.82, 2.24) is 0 Å². The van der Waals surface area contributed by atoms with Crippen molar-refractivity contribution >= 4 is 11.8 Å². The molecule has 1 aliphatic heterocycles. The number of hydrogen-bond acceptors (Lipinski definition) is 1. The molecule has 1 heteroatoms. The maximum atomic E-state index is 2.40. The second-order valence-corrected chi connectivity index (χ2v) is 7.10. The lowest BCUT2D eigenvalue weighted by Crippen LogP contribution is -1.94. The van der Waals surface area contributed by atoms with Gasteiger partial charge in [-0.3, -0.25) is 0 Å². The molecule has 0 saturated heterocycles. The molecule has 1 heterocycles. The number of fused-ring (bicyclic) bond motifs is 1. The molecule has 20 heavy (non-hydrogen) atoms. The number of unbranched alkanes of at least 4 members (excludes halogenated alkanes) is 3. The summed E-state index contributed by atoms with van der Waals surface area (Å²) in [6.07, 6.45) is 16.5. The first-order valence-corrected chi connectivity index (χ1v) is 9.32. The van der Waals surface area contributed by atoms with Gasteiger partial charge in [-0.15, -0.1) is 11.8 Å². The Labute approximate surface area is 129 Å². The lowest BCUT2D eigenvalue weighted by Gasteiger charge is -2.10. The van der Waals surface area contributed by atoms with Crippen LogP contribution in [0.1, 0.15) is 78.6 Å². The van der Waals surface area contributed by atoms with Crippen molar-refractivity contribution in [2.75, 3.05) is 0 Å². The van der Waals surface area contributed by atoms with E-state index in [1.807, 2.05) is 0 Å². The monoisotopic (exact) mass is 289 g/mol. The van der Waals surface area contributed by atoms with E-state index in [1.165, 1.54) is 57.8 Å². The highest BCUT2D eigenvalue weighted by molar-refractivity contribution is 8.06. The average Bonchev–Trinajstić information content (AvgIpc) is 3.02. The zero-order chi connectivity index (χ0) is 14.4. The summed E-state index contributed by atoms with van der Waals surface area (Å²) in [6.45, 7) is 6.88. The number of thioether (sulfide) groups is 1. The van der Waals surface area contributed by atoms with Gasteiger partial charge in [0.1, 0.15) is 0 Å². The highest BCUT2D eigenvalue weighted by atomic mass is 32.2. The van der Waals surface area contributed by atoms with E-state index >= 15 is 0 Å². The SMILES string of the molecule is CCCC[C]1SC(CCCC)=C2C(CCCC)=CC=C12. The van der Waals surface area contributed by atoms with E-state index < -0.39 is 0 Å². The van der Waals surface area contributed by atoms with Crippen molar-refractivity contribution < 1.29 is 0 Å². The summed E-state index contributed by atoms with van der Waals surface area (Å²) in [7, 11) is 0. The molecular formula is C19H29S. The van der Waals surface area contributed by atoms with E-state index in [2.05, 4.69) is 44.7 Å². The normalized spacial score (nSPS) is 18.6. The van der Waals surface area contributed by atoms with Gasteiger partial charge in [-0.1, -0.05) is 58.6 Å². The Morgan fingerprint density at radius 3 is 2.15 bits per heavy atom. The molecule has 0 aromatic rings. The average molecular weight is 290 g/mol. The van der Waals surface area contributed by atoms with E-state index in [9.17, 15) is 0 Å². The maximum Gasteiger partial charge on any atom is 0.0649 e. The van der Waals surface area contributed by atoms with Crippen molar-refractivity contribution in [3.63, 3.8) is 0 Å². The van der Waals surface area contributed by atoms with Gasteiger partial charge in [-0.25, -0.2) is 0 Å². The zero-order valence-corrected chi connectivity index (χ0v) is 14.2. The van der Waals surface area contributed by atoms with Gasteiger partial charge in [-0.05, 0) is 53.7 Å². The standard InChI is InChI=1S/C19H29S/c1-4-7-10-15-13-14-16-17(11-8-5-2)20-18(19(15)16)12-9-6-3/h13-14H,4-12H2,1-3H3. The highest BCUT2D eigenvalue weighted by Gasteiger charge is 2.33. The van der Waals surface area contributed by atoms with Crippen LogP contribution in [0.4, 0.5) is 0 Å². The first-order chi connectivity index (χ1) is 9.81. The van der Waals surface area contributed by atoms with Gasteiger partial charge in [0.25, 0.3) is 0 Å². The fraction of sp³-hybridized carbons (Fsp3) is 0.632. The Morgan fingerprint density at radius 1 is 0.800 bits per heavy atom. The fourth-order valence-corrected chi connectivity index (χ4v) is 4.37. The quantitative estimate of drug-likeness (QED) is 0.442. The van der Waals surface area contributed by atoms with Crippen molar-refractivity contribution in [2.45, 2.75) is 78.6 Å². The molecule has 1 aliphatic carbocycles. The van der Waals surface area contributed by atoms with Crippen LogP contribution in [0.25, 0.3) is 0 Å². The lowest BCUT2D eigenvalue weighted by molar-refractivity contribution is 0.776. The number of allylic oxidation sites excluding steroid dienone is 5. The predicted octanol–water partition coefficient (Wildman–Crippen LogP) is 6.96. The minimum atomic E-state index is 1.27. The van der Waals surface area contributed by atoms with Crippen LogP contribution in [-0.2, 0) is 0 Å². The van der Waals surface area contributed by atoms with Crippen LogP contribution in [0.3, 0.4) is 0 Å². The van der Waals surface area contributed by atoms with Crippen LogP contribution >= 0.6 is 11.8 Å². The highest BCUT2D eigenvalue weighted by Crippen LogP contribution is 2.55. The Morgan fingerprint density at radius 2 is 1.45 bits per heavy atom. The van der Waals surface area contributed by atoms with Gasteiger partial charge in [0, 0.05) is 0 Å². The molecular weight excluding hydrogens is 260 g/mol. The Balaban J connectivity index is 2.09. The maximum absolute atomic E-state index is 2.40. The summed E-state index contributed by atoms with van der Waals surface area (Å²) in [6, 6.07) is 0. The van der Waals surface area contributed by atoms with Crippen LogP contribution in [0.15, 0.2) is 33.8 Å². The van der Waals surface area contributed by atoms with E-state index in [1.54, 1.807) is 26.9 Å². The van der Waals surface area contributed by atoms with Gasteiger partial charge in [0.15, 0.2) is 0 Å². The van der Waals surface area contributed by atoms with Crippen LogP contribution in [0.5, 0.6) is 0 Å². The molecule has 2 rings (SSSR count). The van der Waals surface area contributed by atoms with Crippen LogP contribution in [0, 0.1) is 5.25 Å². The second kappa shape index (κ2) is 8.12. The summed E-state index contributed by atoms with van der Waals surface area (Å²) >= 11 is 2.11. The molecule has 0 atom stereocenters. The third-order valence-electron chi connectivity index (χ3n) is 4.18. The van der Waals surface area contributed by atoms with E-state index in [4.69, 9.17) is 0 Å². The largest absolute Gasteiger partial charge is 0.116 e. The van der Waals surface area contributed by atoms with Crippen molar-refractivity contribution in [3.8, 4) is 0 Å². The van der Waals surface area contributed by atoms with Crippen LogP contribution in [-0.4, -0.2) is 0 Å². The van der Waals surface area contributed by atoms with Gasteiger partial charge in [0.2, 0.25) is 0 Å². The third-order valence-corrected chi connectivity index (χ3v) is 5.51. The van der Waals surface area contributed by atoms with Crippen LogP contribution in [0.2, 0.25) is 0 Å². The summed E-state index contributed by atoms with van der Waals surface area (Å²) in [4.78, 5) is 1.67. The molecule has 0 unspecified atom stereocenters. The van der Waals surface area contributed by atoms with Crippen molar-refractivity contribution in [1.29, 1.82) is 0 Å². The summed E-state index contributed by atoms with van der Waals surface area (Å²) in [5.74, 6) is 0. The Kier molecular flexibility index (Phi) is 6.48. The second-order valence-electron chi connectivity index (χ2n) is 5.91. The molecule has 0 saturated carbocycles. The Hall–Kier alpha value is -0.430. The fourth-order valence-electron chi connectivity index (χ4n) is 2.95. The smallest absolute Gasteiger partial charge is 0.0649 e. The summed E-state index contributed by atoms with van der Waals surface area (Å²) < 4.78 is 0. The summed E-state index contributed by atoms with van der Waals surface area (Å²) in [5.41, 5.74) is 4.84. The first-order valence-electron chi connectivity index (χ1n) is 8.50. The minimum Gasteiger partial charge on any atom is -0.116 e. The first kappa shape index (κ1) is 15.9. The topological polar surface area (TPSA) is 0 Å². The molecule has 0 nitrogen and oxygen atoms in total. The molecule has 0 N–H and O–H groups in total. The molecule has 1 radical (unpaired) electrons.